The van der Waals surface area contributed by atoms with Crippen molar-refractivity contribution in [2.75, 3.05) is 11.9 Å². The molecule has 48 heavy (non-hydrogen) atoms. The van der Waals surface area contributed by atoms with Crippen LogP contribution < -0.4 is 20.1 Å². The van der Waals surface area contributed by atoms with Crippen LogP contribution in [0.3, 0.4) is 0 Å². The summed E-state index contributed by atoms with van der Waals surface area (Å²) < 4.78 is 11.2. The first-order valence-electron chi connectivity index (χ1n) is 15.9. The third-order valence-corrected chi connectivity index (χ3v) is 7.70. The lowest BCUT2D eigenvalue weighted by molar-refractivity contribution is -0.139. The van der Waals surface area contributed by atoms with Crippen LogP contribution in [0, 0.1) is 0 Å². The van der Waals surface area contributed by atoms with Crippen molar-refractivity contribution in [2.45, 2.75) is 57.9 Å². The van der Waals surface area contributed by atoms with Gasteiger partial charge in [-0.2, -0.15) is 0 Å². The van der Waals surface area contributed by atoms with Gasteiger partial charge in [0.15, 0.2) is 0 Å². The smallest absolute Gasteiger partial charge is 0.343 e. The summed E-state index contributed by atoms with van der Waals surface area (Å²) in [5, 5.41) is 15.6. The first-order valence-corrected chi connectivity index (χ1v) is 16.3. The molecule has 4 aromatic rings. The van der Waals surface area contributed by atoms with Crippen LogP contribution in [-0.2, 0) is 22.4 Å². The molecule has 2 amide bonds. The van der Waals surface area contributed by atoms with E-state index in [0.717, 1.165) is 18.4 Å². The van der Waals surface area contributed by atoms with Gasteiger partial charge in [0.2, 0.25) is 5.91 Å². The number of rotatable bonds is 17. The zero-order valence-corrected chi connectivity index (χ0v) is 27.5. The van der Waals surface area contributed by atoms with Gasteiger partial charge in [0.25, 0.3) is 5.91 Å². The van der Waals surface area contributed by atoms with Gasteiger partial charge >= 0.3 is 11.9 Å². The minimum atomic E-state index is -1.21. The Kier molecular flexibility index (Phi) is 13.6. The third-order valence-electron chi connectivity index (χ3n) is 7.47. The van der Waals surface area contributed by atoms with E-state index in [2.05, 4.69) is 17.6 Å². The maximum Gasteiger partial charge on any atom is 0.343 e. The number of hydrogen-bond donors (Lipinski definition) is 3. The lowest BCUT2D eigenvalue weighted by Crippen LogP contribution is -2.42. The van der Waals surface area contributed by atoms with Crippen molar-refractivity contribution in [3.05, 3.63) is 124 Å². The van der Waals surface area contributed by atoms with Gasteiger partial charge in [0, 0.05) is 22.7 Å². The molecule has 0 saturated carbocycles. The second-order valence-corrected chi connectivity index (χ2v) is 11.8. The summed E-state index contributed by atoms with van der Waals surface area (Å²) >= 11 is 5.98. The summed E-state index contributed by atoms with van der Waals surface area (Å²) in [5.74, 6) is -1.56. The second-order valence-electron chi connectivity index (χ2n) is 11.3. The number of esters is 1. The first-order chi connectivity index (χ1) is 23.2. The van der Waals surface area contributed by atoms with Crippen LogP contribution in [0.1, 0.15) is 70.9 Å². The van der Waals surface area contributed by atoms with E-state index < -0.39 is 23.9 Å². The van der Waals surface area contributed by atoms with Crippen LogP contribution in [-0.4, -0.2) is 41.5 Å². The molecule has 9 nitrogen and oxygen atoms in total. The topological polar surface area (TPSA) is 131 Å². The van der Waals surface area contributed by atoms with Gasteiger partial charge < -0.3 is 25.2 Å². The van der Waals surface area contributed by atoms with Crippen LogP contribution in [0.4, 0.5) is 5.69 Å². The fourth-order valence-electron chi connectivity index (χ4n) is 4.86. The summed E-state index contributed by atoms with van der Waals surface area (Å²) in [6, 6.07) is 25.1. The molecule has 0 heterocycles. The Bertz CT molecular complexity index is 1670. The Morgan fingerprint density at radius 3 is 2.10 bits per heavy atom. The number of carboxylic acid groups (broad SMARTS) is 1. The van der Waals surface area contributed by atoms with Gasteiger partial charge in [-0.05, 0) is 90.3 Å². The number of unbranched alkanes of at least 4 members (excludes halogenated alkanes) is 4. The molecule has 4 rings (SSSR count). The average molecular weight is 671 g/mol. The molecule has 0 saturated heterocycles. The third kappa shape index (κ3) is 11.6. The van der Waals surface area contributed by atoms with Crippen LogP contribution in [0.5, 0.6) is 11.5 Å². The van der Waals surface area contributed by atoms with Crippen LogP contribution >= 0.6 is 11.6 Å². The van der Waals surface area contributed by atoms with Crippen molar-refractivity contribution in [1.82, 2.24) is 5.32 Å². The number of carboxylic acids is 1. The number of anilines is 1. The number of benzene rings is 4. The molecule has 0 aliphatic carbocycles. The number of halogens is 1. The summed E-state index contributed by atoms with van der Waals surface area (Å²) in [6.07, 6.45) is 5.90. The van der Waals surface area contributed by atoms with Gasteiger partial charge in [-0.25, -0.2) is 9.59 Å². The van der Waals surface area contributed by atoms with Crippen molar-refractivity contribution in [2.24, 2.45) is 0 Å². The highest BCUT2D eigenvalue weighted by Gasteiger charge is 2.21. The molecular weight excluding hydrogens is 632 g/mol. The largest absolute Gasteiger partial charge is 0.494 e. The van der Waals surface area contributed by atoms with E-state index in [1.165, 1.54) is 31.4 Å². The molecule has 0 aliphatic heterocycles. The highest BCUT2D eigenvalue weighted by molar-refractivity contribution is 6.30. The number of hydrogen-bond acceptors (Lipinski definition) is 6. The van der Waals surface area contributed by atoms with E-state index in [0.29, 0.717) is 39.9 Å². The van der Waals surface area contributed by atoms with Crippen molar-refractivity contribution in [3.8, 4) is 11.5 Å². The summed E-state index contributed by atoms with van der Waals surface area (Å²) in [4.78, 5) is 49.8. The maximum atomic E-state index is 12.8. The van der Waals surface area contributed by atoms with Gasteiger partial charge in [-0.3, -0.25) is 9.59 Å². The quantitative estimate of drug-likeness (QED) is 0.0602. The van der Waals surface area contributed by atoms with E-state index in [1.54, 1.807) is 84.9 Å². The molecule has 4 aromatic carbocycles. The molecule has 0 bridgehead atoms. The predicted octanol–water partition coefficient (Wildman–Crippen LogP) is 7.52. The summed E-state index contributed by atoms with van der Waals surface area (Å²) in [5.41, 5.74) is 2.48. The highest BCUT2D eigenvalue weighted by Crippen LogP contribution is 2.19. The van der Waals surface area contributed by atoms with Crippen LogP contribution in [0.15, 0.2) is 97.1 Å². The minimum absolute atomic E-state index is 0.00695. The number of ether oxygens (including phenoxy) is 2. The van der Waals surface area contributed by atoms with E-state index in [1.807, 2.05) is 0 Å². The molecule has 0 aromatic heterocycles. The summed E-state index contributed by atoms with van der Waals surface area (Å²) in [7, 11) is 0. The van der Waals surface area contributed by atoms with Crippen molar-refractivity contribution in [1.29, 1.82) is 0 Å². The Hall–Kier alpha value is -5.15. The predicted molar refractivity (Wildman–Crippen MR) is 185 cm³/mol. The van der Waals surface area contributed by atoms with Gasteiger partial charge in [0.1, 0.15) is 17.5 Å². The Morgan fingerprint density at radius 1 is 0.771 bits per heavy atom. The summed E-state index contributed by atoms with van der Waals surface area (Å²) in [6.45, 7) is 2.81. The molecule has 3 N–H and O–H groups in total. The van der Waals surface area contributed by atoms with Crippen molar-refractivity contribution >= 4 is 41.0 Å². The number of carbonyl (C=O) groups is 4. The SMILES string of the molecule is CCCCCCCOc1ccc(C(=O)Oc2ccc(C[C@H](NC(=O)c3ccc(NC(=O)Cc4cccc(Cl)c4)cc3)C(=O)O)cc2)cc1. The van der Waals surface area contributed by atoms with E-state index in [9.17, 15) is 24.3 Å². The molecule has 250 valence electrons. The number of aliphatic carboxylic acids is 1. The second kappa shape index (κ2) is 18.3. The zero-order chi connectivity index (χ0) is 34.3. The molecule has 0 radical (unpaired) electrons. The van der Waals surface area contributed by atoms with Gasteiger partial charge in [-0.15, -0.1) is 0 Å². The molecular formula is C38H39ClN2O7. The lowest BCUT2D eigenvalue weighted by Gasteiger charge is -2.15. The Morgan fingerprint density at radius 2 is 1.44 bits per heavy atom. The number of amides is 2. The van der Waals surface area contributed by atoms with Gasteiger partial charge in [0.05, 0.1) is 18.6 Å². The molecule has 0 aliphatic rings. The molecule has 0 spiro atoms. The monoisotopic (exact) mass is 670 g/mol. The van der Waals surface area contributed by atoms with Gasteiger partial charge in [-0.1, -0.05) is 68.5 Å². The number of carbonyl (C=O) groups excluding carboxylic acids is 3. The maximum absolute atomic E-state index is 12.8. The minimum Gasteiger partial charge on any atom is -0.494 e. The Labute approximate surface area is 285 Å². The van der Waals surface area contributed by atoms with E-state index >= 15 is 0 Å². The fraction of sp³-hybridized carbons (Fsp3) is 0.263. The zero-order valence-electron chi connectivity index (χ0n) is 26.7. The van der Waals surface area contributed by atoms with Crippen molar-refractivity contribution in [3.63, 3.8) is 0 Å². The average Bonchev–Trinajstić information content (AvgIpc) is 3.07. The van der Waals surface area contributed by atoms with E-state index in [-0.39, 0.29) is 24.3 Å². The van der Waals surface area contributed by atoms with Crippen molar-refractivity contribution < 1.29 is 33.8 Å². The fourth-order valence-corrected chi connectivity index (χ4v) is 5.08. The first kappa shape index (κ1) is 35.7. The molecule has 0 unspecified atom stereocenters. The molecule has 10 heteroatoms. The normalized spacial score (nSPS) is 11.3. The highest BCUT2D eigenvalue weighted by atomic mass is 35.5. The van der Waals surface area contributed by atoms with Crippen LogP contribution in [0.25, 0.3) is 0 Å². The molecule has 0 fully saturated rings. The number of nitrogens with one attached hydrogen (secondary N) is 2. The van der Waals surface area contributed by atoms with Crippen LogP contribution in [0.2, 0.25) is 5.02 Å². The lowest BCUT2D eigenvalue weighted by atomic mass is 10.0. The van der Waals surface area contributed by atoms with E-state index in [4.69, 9.17) is 21.1 Å². The molecule has 1 atom stereocenters. The Balaban J connectivity index is 1.24. The standard InChI is InChI=1S/C38H39ClN2O7/c1-2-3-4-5-6-22-47-32-20-14-29(15-21-32)38(46)48-33-18-10-26(11-19-33)24-34(37(44)45)41-36(43)28-12-16-31(17-13-28)40-35(42)25-27-8-7-9-30(39)23-27/h7-21,23,34H,2-6,22,24-25H2,1H3,(H,40,42)(H,41,43)(H,44,45)/t34-/m0/s1.